The molecule has 7 aromatic carbocycles. The van der Waals surface area contributed by atoms with Gasteiger partial charge in [-0.1, -0.05) is 117 Å². The molecule has 0 amide bonds. The Labute approximate surface area is 263 Å². The van der Waals surface area contributed by atoms with Crippen molar-refractivity contribution in [2.45, 2.75) is 19.3 Å². The largest absolute Gasteiger partial charge is 0.310 e. The van der Waals surface area contributed by atoms with Gasteiger partial charge in [-0.2, -0.15) is 0 Å². The van der Waals surface area contributed by atoms with Gasteiger partial charge < -0.3 is 9.47 Å². The molecule has 2 nitrogen and oxygen atoms in total. The van der Waals surface area contributed by atoms with Crippen molar-refractivity contribution < 1.29 is 0 Å². The lowest BCUT2D eigenvalue weighted by Gasteiger charge is -2.34. The molecule has 214 valence electrons. The zero-order valence-electron chi connectivity index (χ0n) is 25.4. The molecule has 0 fully saturated rings. The van der Waals surface area contributed by atoms with E-state index < -0.39 is 0 Å². The number of nitrogens with zero attached hydrogens (tertiary/aromatic N) is 2. The second-order valence-corrected chi connectivity index (χ2v) is 12.7. The van der Waals surface area contributed by atoms with Gasteiger partial charge in [-0.25, -0.2) is 0 Å². The first kappa shape index (κ1) is 25.9. The Morgan fingerprint density at radius 2 is 1.13 bits per heavy atom. The van der Waals surface area contributed by atoms with E-state index in [1.807, 2.05) is 0 Å². The first-order valence-corrected chi connectivity index (χ1v) is 15.7. The van der Waals surface area contributed by atoms with Gasteiger partial charge in [-0.05, 0) is 87.6 Å². The molecule has 2 heteroatoms. The second kappa shape index (κ2) is 9.70. The van der Waals surface area contributed by atoms with E-state index in [9.17, 15) is 0 Å². The summed E-state index contributed by atoms with van der Waals surface area (Å²) in [6.07, 6.45) is 0. The van der Waals surface area contributed by atoms with Gasteiger partial charge in [-0.15, -0.1) is 0 Å². The van der Waals surface area contributed by atoms with Gasteiger partial charge in [-0.3, -0.25) is 0 Å². The molecule has 0 aliphatic carbocycles. The number of fused-ring (bicyclic) bond motifs is 6. The van der Waals surface area contributed by atoms with Gasteiger partial charge in [0.1, 0.15) is 0 Å². The number of aromatic nitrogens is 1. The second-order valence-electron chi connectivity index (χ2n) is 12.7. The smallest absolute Gasteiger partial charge is 0.0582 e. The van der Waals surface area contributed by atoms with Crippen LogP contribution in [0.4, 0.5) is 17.1 Å². The van der Waals surface area contributed by atoms with Crippen LogP contribution in [-0.4, -0.2) is 4.57 Å². The van der Waals surface area contributed by atoms with Crippen molar-refractivity contribution in [3.63, 3.8) is 0 Å². The summed E-state index contributed by atoms with van der Waals surface area (Å²) >= 11 is 0. The van der Waals surface area contributed by atoms with E-state index in [0.717, 1.165) is 17.1 Å². The molecule has 8 aromatic rings. The topological polar surface area (TPSA) is 8.17 Å². The van der Waals surface area contributed by atoms with Crippen LogP contribution in [0, 0.1) is 0 Å². The molecule has 0 spiro atoms. The van der Waals surface area contributed by atoms with Gasteiger partial charge in [0.2, 0.25) is 0 Å². The van der Waals surface area contributed by atoms with Crippen molar-refractivity contribution in [3.05, 3.63) is 169 Å². The highest BCUT2D eigenvalue weighted by Crippen LogP contribution is 2.48. The molecule has 0 saturated carbocycles. The number of hydrogen-bond acceptors (Lipinski definition) is 1. The Kier molecular flexibility index (Phi) is 5.58. The predicted molar refractivity (Wildman–Crippen MR) is 191 cm³/mol. The van der Waals surface area contributed by atoms with E-state index >= 15 is 0 Å². The molecule has 0 unspecified atom stereocenters. The molecule has 1 aromatic heterocycles. The summed E-state index contributed by atoms with van der Waals surface area (Å²) < 4.78 is 2.48. The maximum absolute atomic E-state index is 2.48. The Hall–Kier alpha value is -5.60. The van der Waals surface area contributed by atoms with Crippen molar-refractivity contribution in [1.82, 2.24) is 4.57 Å². The fraction of sp³-hybridized carbons (Fsp3) is 0.0698. The van der Waals surface area contributed by atoms with Crippen LogP contribution in [0.2, 0.25) is 0 Å². The molecule has 45 heavy (non-hydrogen) atoms. The van der Waals surface area contributed by atoms with E-state index in [-0.39, 0.29) is 5.41 Å². The molecule has 0 N–H and O–H groups in total. The third-order valence-electron chi connectivity index (χ3n) is 9.74. The maximum atomic E-state index is 2.48. The number of anilines is 3. The van der Waals surface area contributed by atoms with Crippen LogP contribution in [0.5, 0.6) is 0 Å². The lowest BCUT2D eigenvalue weighted by Crippen LogP contribution is -2.26. The minimum Gasteiger partial charge on any atom is -0.310 e. The van der Waals surface area contributed by atoms with Crippen molar-refractivity contribution in [3.8, 4) is 16.8 Å². The SMILES string of the molecule is CC1(C)c2ccccc2-n2c3ccc(-c4ccc(N(c5ccccc5)c5ccc6ccccc6c5)cc4)cc3c3cccc1c32. The molecular weight excluding hydrogens is 544 g/mol. The van der Waals surface area contributed by atoms with Crippen molar-refractivity contribution >= 4 is 49.6 Å². The fourth-order valence-electron chi connectivity index (χ4n) is 7.49. The molecule has 9 rings (SSSR count). The molecular formula is C43H32N2. The normalized spacial score (nSPS) is 13.3. The van der Waals surface area contributed by atoms with Crippen LogP contribution in [0.1, 0.15) is 25.0 Å². The van der Waals surface area contributed by atoms with Gasteiger partial charge >= 0.3 is 0 Å². The van der Waals surface area contributed by atoms with Crippen LogP contribution < -0.4 is 4.90 Å². The summed E-state index contributed by atoms with van der Waals surface area (Å²) in [5, 5.41) is 5.09. The monoisotopic (exact) mass is 576 g/mol. The molecule has 0 radical (unpaired) electrons. The first-order valence-electron chi connectivity index (χ1n) is 15.7. The minimum atomic E-state index is -0.0607. The van der Waals surface area contributed by atoms with E-state index in [1.165, 1.54) is 60.5 Å². The summed E-state index contributed by atoms with van der Waals surface area (Å²) in [5.41, 5.74) is 12.4. The third-order valence-corrected chi connectivity index (χ3v) is 9.74. The van der Waals surface area contributed by atoms with Gasteiger partial charge in [0.25, 0.3) is 0 Å². The Morgan fingerprint density at radius 1 is 0.467 bits per heavy atom. The summed E-state index contributed by atoms with van der Waals surface area (Å²) in [7, 11) is 0. The number of rotatable bonds is 4. The summed E-state index contributed by atoms with van der Waals surface area (Å²) in [6, 6.07) is 57.6. The van der Waals surface area contributed by atoms with Gasteiger partial charge in [0.05, 0.1) is 16.7 Å². The predicted octanol–water partition coefficient (Wildman–Crippen LogP) is 11.7. The zero-order valence-corrected chi connectivity index (χ0v) is 25.4. The Morgan fingerprint density at radius 3 is 1.98 bits per heavy atom. The minimum absolute atomic E-state index is 0.0607. The lowest BCUT2D eigenvalue weighted by molar-refractivity contribution is 0.630. The Balaban J connectivity index is 1.17. The highest BCUT2D eigenvalue weighted by atomic mass is 15.1. The quantitative estimate of drug-likeness (QED) is 0.202. The third kappa shape index (κ3) is 3.89. The fourth-order valence-corrected chi connectivity index (χ4v) is 7.49. The molecule has 0 bridgehead atoms. The summed E-state index contributed by atoms with van der Waals surface area (Å²) in [5.74, 6) is 0. The van der Waals surface area contributed by atoms with E-state index in [1.54, 1.807) is 0 Å². The van der Waals surface area contributed by atoms with E-state index in [2.05, 4.69) is 181 Å². The van der Waals surface area contributed by atoms with Crippen LogP contribution >= 0.6 is 0 Å². The van der Waals surface area contributed by atoms with Gasteiger partial charge in [0.15, 0.2) is 0 Å². The zero-order chi connectivity index (χ0) is 30.1. The Bertz CT molecular complexity index is 2390. The van der Waals surface area contributed by atoms with Crippen LogP contribution in [0.25, 0.3) is 49.4 Å². The maximum Gasteiger partial charge on any atom is 0.0582 e. The molecule has 1 aliphatic rings. The molecule has 1 aliphatic heterocycles. The molecule has 0 saturated heterocycles. The number of para-hydroxylation sites is 3. The standard InChI is InChI=1S/C43H32N2/c1-43(2)38-16-8-9-18-41(38)45-40-26-22-32(28-37(40)36-15-10-17-39(43)42(36)45)30-19-23-34(24-20-30)44(33-13-4-3-5-14-33)35-25-21-29-11-6-7-12-31(29)27-35/h3-28H,1-2H3. The van der Waals surface area contributed by atoms with Crippen molar-refractivity contribution in [2.24, 2.45) is 0 Å². The molecule has 2 heterocycles. The first-order chi connectivity index (χ1) is 22.1. The van der Waals surface area contributed by atoms with Crippen LogP contribution in [-0.2, 0) is 5.41 Å². The van der Waals surface area contributed by atoms with Crippen LogP contribution in [0.3, 0.4) is 0 Å². The highest BCUT2D eigenvalue weighted by Gasteiger charge is 2.34. The van der Waals surface area contributed by atoms with Crippen molar-refractivity contribution in [2.75, 3.05) is 4.90 Å². The van der Waals surface area contributed by atoms with Crippen molar-refractivity contribution in [1.29, 1.82) is 0 Å². The number of benzene rings is 7. The average Bonchev–Trinajstić information content (AvgIpc) is 3.42. The van der Waals surface area contributed by atoms with E-state index in [4.69, 9.17) is 0 Å². The average molecular weight is 577 g/mol. The number of hydrogen-bond donors (Lipinski definition) is 0. The summed E-state index contributed by atoms with van der Waals surface area (Å²) in [6.45, 7) is 4.71. The van der Waals surface area contributed by atoms with Gasteiger partial charge in [0, 0.05) is 33.2 Å². The lowest BCUT2D eigenvalue weighted by atomic mass is 9.75. The van der Waals surface area contributed by atoms with E-state index in [0.29, 0.717) is 0 Å². The highest BCUT2D eigenvalue weighted by molar-refractivity contribution is 6.12. The van der Waals surface area contributed by atoms with Crippen LogP contribution in [0.15, 0.2) is 158 Å². The molecule has 0 atom stereocenters. The summed E-state index contributed by atoms with van der Waals surface area (Å²) in [4.78, 5) is 2.34.